The molecule has 4 heteroatoms. The molecule has 2 aromatic carbocycles. The third-order valence-corrected chi connectivity index (χ3v) is 4.32. The fourth-order valence-electron chi connectivity index (χ4n) is 2.68. The lowest BCUT2D eigenvalue weighted by Gasteiger charge is -2.24. The van der Waals surface area contributed by atoms with Crippen molar-refractivity contribution in [3.8, 4) is 0 Å². The van der Waals surface area contributed by atoms with Crippen LogP contribution in [0.2, 0.25) is 10.0 Å². The molecule has 0 N–H and O–H groups in total. The predicted molar refractivity (Wildman–Crippen MR) is 95.4 cm³/mol. The van der Waals surface area contributed by atoms with Crippen molar-refractivity contribution in [2.45, 2.75) is 0 Å². The molecule has 2 aromatic rings. The molecule has 4 rings (SSSR count). The summed E-state index contributed by atoms with van der Waals surface area (Å²) in [5.41, 5.74) is 3.72. The molecule has 23 heavy (non-hydrogen) atoms. The second-order valence-electron chi connectivity index (χ2n) is 5.26. The predicted octanol–water partition coefficient (Wildman–Crippen LogP) is 4.98. The number of halogens is 2. The van der Waals surface area contributed by atoms with E-state index in [4.69, 9.17) is 23.2 Å². The Kier molecular flexibility index (Phi) is 3.96. The molecular formula is C19H11Cl2N2. The van der Waals surface area contributed by atoms with Crippen LogP contribution in [0.15, 0.2) is 58.7 Å². The van der Waals surface area contributed by atoms with E-state index in [9.17, 15) is 0 Å². The van der Waals surface area contributed by atoms with Crippen LogP contribution in [0.25, 0.3) is 0 Å². The Hall–Kier alpha value is -1.64. The van der Waals surface area contributed by atoms with E-state index < -0.39 is 0 Å². The SMILES string of the molecule is Clc1ccc(C2=NN=C(c3ccc(Cl)cc3)[C]3[CH][CH][CH][C]32)cc1. The van der Waals surface area contributed by atoms with Crippen LogP contribution in [0.1, 0.15) is 11.1 Å². The zero-order valence-electron chi connectivity index (χ0n) is 12.0. The molecule has 0 saturated heterocycles. The van der Waals surface area contributed by atoms with E-state index in [0.29, 0.717) is 10.0 Å². The van der Waals surface area contributed by atoms with Crippen LogP contribution in [0.4, 0.5) is 0 Å². The highest BCUT2D eigenvalue weighted by atomic mass is 35.5. The van der Waals surface area contributed by atoms with Gasteiger partial charge in [-0.1, -0.05) is 47.5 Å². The number of hydrogen-bond acceptors (Lipinski definition) is 2. The Bertz CT molecular complexity index is 709. The van der Waals surface area contributed by atoms with Gasteiger partial charge in [0.25, 0.3) is 0 Å². The topological polar surface area (TPSA) is 24.7 Å². The van der Waals surface area contributed by atoms with Gasteiger partial charge in [0.05, 0.1) is 11.4 Å². The molecule has 0 aromatic heterocycles. The van der Waals surface area contributed by atoms with Gasteiger partial charge in [-0.3, -0.25) is 0 Å². The molecule has 1 fully saturated rings. The molecule has 1 heterocycles. The van der Waals surface area contributed by atoms with Gasteiger partial charge in [-0.05, 0) is 54.7 Å². The molecule has 1 aliphatic carbocycles. The highest BCUT2D eigenvalue weighted by Crippen LogP contribution is 2.41. The highest BCUT2D eigenvalue weighted by Gasteiger charge is 2.40. The Morgan fingerprint density at radius 1 is 0.565 bits per heavy atom. The third-order valence-electron chi connectivity index (χ3n) is 3.81. The maximum Gasteiger partial charge on any atom is 0.0787 e. The molecule has 1 aliphatic heterocycles. The number of fused-ring (bicyclic) bond motifs is 1. The largest absolute Gasteiger partial charge is 0.154 e. The van der Waals surface area contributed by atoms with Gasteiger partial charge in [-0.15, -0.1) is 0 Å². The summed E-state index contributed by atoms with van der Waals surface area (Å²) in [6, 6.07) is 15.3. The maximum atomic E-state index is 5.97. The number of rotatable bonds is 2. The first-order chi connectivity index (χ1) is 11.2. The lowest BCUT2D eigenvalue weighted by atomic mass is 9.82. The van der Waals surface area contributed by atoms with Crippen LogP contribution in [0.3, 0.4) is 0 Å². The Labute approximate surface area is 145 Å². The van der Waals surface area contributed by atoms with Crippen molar-refractivity contribution in [3.63, 3.8) is 0 Å². The molecule has 0 spiro atoms. The fourth-order valence-corrected chi connectivity index (χ4v) is 2.93. The van der Waals surface area contributed by atoms with Crippen LogP contribution in [-0.4, -0.2) is 11.4 Å². The molecule has 111 valence electrons. The van der Waals surface area contributed by atoms with Crippen LogP contribution >= 0.6 is 23.2 Å². The summed E-state index contributed by atoms with van der Waals surface area (Å²) < 4.78 is 0. The van der Waals surface area contributed by atoms with Crippen molar-refractivity contribution >= 4 is 34.6 Å². The van der Waals surface area contributed by atoms with Gasteiger partial charge in [0.15, 0.2) is 0 Å². The van der Waals surface area contributed by atoms with Gasteiger partial charge < -0.3 is 0 Å². The van der Waals surface area contributed by atoms with Crippen molar-refractivity contribution < 1.29 is 0 Å². The van der Waals surface area contributed by atoms with Crippen molar-refractivity contribution in [2.75, 3.05) is 0 Å². The van der Waals surface area contributed by atoms with Gasteiger partial charge >= 0.3 is 0 Å². The van der Waals surface area contributed by atoms with Crippen molar-refractivity contribution in [1.82, 2.24) is 0 Å². The van der Waals surface area contributed by atoms with Crippen molar-refractivity contribution in [2.24, 2.45) is 10.2 Å². The zero-order valence-corrected chi connectivity index (χ0v) is 13.5. The maximum absolute atomic E-state index is 5.97. The Morgan fingerprint density at radius 3 is 1.35 bits per heavy atom. The molecule has 2 nitrogen and oxygen atoms in total. The zero-order chi connectivity index (χ0) is 15.8. The minimum absolute atomic E-state index is 0.707. The average molecular weight is 338 g/mol. The monoisotopic (exact) mass is 337 g/mol. The van der Waals surface area contributed by atoms with Crippen LogP contribution < -0.4 is 0 Å². The third kappa shape index (κ3) is 2.82. The van der Waals surface area contributed by atoms with Gasteiger partial charge in [0, 0.05) is 21.9 Å². The van der Waals surface area contributed by atoms with Crippen LogP contribution in [0, 0.1) is 31.1 Å². The lowest BCUT2D eigenvalue weighted by molar-refractivity contribution is 1.13. The first kappa shape index (κ1) is 14.9. The van der Waals surface area contributed by atoms with Gasteiger partial charge in [0.1, 0.15) is 0 Å². The Balaban J connectivity index is 1.75. The van der Waals surface area contributed by atoms with Crippen LogP contribution in [0.5, 0.6) is 0 Å². The molecule has 0 unspecified atom stereocenters. The minimum Gasteiger partial charge on any atom is -0.154 e. The highest BCUT2D eigenvalue weighted by molar-refractivity contribution is 6.32. The van der Waals surface area contributed by atoms with Gasteiger partial charge in [0.2, 0.25) is 0 Å². The summed E-state index contributed by atoms with van der Waals surface area (Å²) in [4.78, 5) is 0. The summed E-state index contributed by atoms with van der Waals surface area (Å²) >= 11 is 11.9. The summed E-state index contributed by atoms with van der Waals surface area (Å²) in [7, 11) is 0. The number of benzene rings is 2. The second-order valence-corrected chi connectivity index (χ2v) is 6.14. The summed E-state index contributed by atoms with van der Waals surface area (Å²) in [6.07, 6.45) is 6.15. The first-order valence-corrected chi connectivity index (χ1v) is 7.92. The van der Waals surface area contributed by atoms with E-state index in [1.54, 1.807) is 0 Å². The normalized spacial score (nSPS) is 18.5. The summed E-state index contributed by atoms with van der Waals surface area (Å²) in [5, 5.41) is 10.3. The smallest absolute Gasteiger partial charge is 0.0787 e. The quantitative estimate of drug-likeness (QED) is 0.738. The number of nitrogens with zero attached hydrogens (tertiary/aromatic N) is 2. The molecule has 2 aliphatic rings. The van der Waals surface area contributed by atoms with E-state index in [-0.39, 0.29) is 0 Å². The van der Waals surface area contributed by atoms with E-state index in [1.807, 2.05) is 55.0 Å². The first-order valence-electron chi connectivity index (χ1n) is 7.16. The van der Waals surface area contributed by atoms with E-state index in [0.717, 1.165) is 34.4 Å². The molecular weight excluding hydrogens is 327 g/mol. The summed E-state index contributed by atoms with van der Waals surface area (Å²) in [6.45, 7) is 0. The lowest BCUT2D eigenvalue weighted by Crippen LogP contribution is -2.27. The van der Waals surface area contributed by atoms with E-state index in [1.165, 1.54) is 0 Å². The standard InChI is InChI=1S/C19H11Cl2N2/c20-14-8-4-12(5-9-14)18-16-2-1-3-17(16)19(23-22-18)13-6-10-15(21)11-7-13/h1-11H. The molecule has 0 bridgehead atoms. The van der Waals surface area contributed by atoms with Gasteiger partial charge in [-0.2, -0.15) is 10.2 Å². The van der Waals surface area contributed by atoms with Crippen molar-refractivity contribution in [3.05, 3.63) is 101 Å². The fraction of sp³-hybridized carbons (Fsp3) is 0. The average Bonchev–Trinajstić information content (AvgIpc) is 3.05. The van der Waals surface area contributed by atoms with Gasteiger partial charge in [-0.25, -0.2) is 0 Å². The second kappa shape index (κ2) is 6.10. The van der Waals surface area contributed by atoms with E-state index in [2.05, 4.69) is 23.0 Å². The van der Waals surface area contributed by atoms with Crippen molar-refractivity contribution in [1.29, 1.82) is 0 Å². The molecule has 0 amide bonds. The molecule has 5 radical (unpaired) electrons. The summed E-state index contributed by atoms with van der Waals surface area (Å²) in [5.74, 6) is 2.15. The molecule has 0 atom stereocenters. The van der Waals surface area contributed by atoms with Crippen LogP contribution in [-0.2, 0) is 0 Å². The number of hydrogen-bond donors (Lipinski definition) is 0. The van der Waals surface area contributed by atoms with E-state index >= 15 is 0 Å². The Morgan fingerprint density at radius 2 is 0.957 bits per heavy atom. The molecule has 1 saturated carbocycles. The minimum atomic E-state index is 0.707.